The van der Waals surface area contributed by atoms with E-state index in [0.29, 0.717) is 6.54 Å². The highest BCUT2D eigenvalue weighted by molar-refractivity contribution is 7.99. The minimum atomic E-state index is -0.150. The first-order valence-corrected chi connectivity index (χ1v) is 9.19. The van der Waals surface area contributed by atoms with Gasteiger partial charge in [-0.3, -0.25) is 4.57 Å². The highest BCUT2D eigenvalue weighted by atomic mass is 32.2. The van der Waals surface area contributed by atoms with E-state index in [4.69, 9.17) is 4.74 Å². The van der Waals surface area contributed by atoms with E-state index in [1.807, 2.05) is 30.3 Å². The number of H-pyrrole nitrogens is 1. The Labute approximate surface area is 151 Å². The van der Waals surface area contributed by atoms with Crippen molar-refractivity contribution in [2.24, 2.45) is 0 Å². The summed E-state index contributed by atoms with van der Waals surface area (Å²) >= 11 is 1.60. The highest BCUT2D eigenvalue weighted by Crippen LogP contribution is 2.17. The number of nitrogens with one attached hydrogen (secondary N) is 1. The van der Waals surface area contributed by atoms with Crippen LogP contribution in [0.1, 0.15) is 11.1 Å². The molecule has 0 amide bonds. The molecule has 6 heteroatoms. The summed E-state index contributed by atoms with van der Waals surface area (Å²) in [5.74, 6) is 1.72. The van der Waals surface area contributed by atoms with E-state index in [1.54, 1.807) is 23.4 Å². The van der Waals surface area contributed by atoms with E-state index in [0.717, 1.165) is 29.5 Å². The zero-order valence-corrected chi connectivity index (χ0v) is 15.0. The topological polar surface area (TPSA) is 59.9 Å². The van der Waals surface area contributed by atoms with Crippen LogP contribution in [0.25, 0.3) is 0 Å². The summed E-state index contributed by atoms with van der Waals surface area (Å²) in [4.78, 5) is 12.0. The molecule has 0 saturated heterocycles. The van der Waals surface area contributed by atoms with Gasteiger partial charge in [0, 0.05) is 12.3 Å². The van der Waals surface area contributed by atoms with E-state index >= 15 is 0 Å². The first-order chi connectivity index (χ1) is 12.3. The summed E-state index contributed by atoms with van der Waals surface area (Å²) in [5, 5.41) is 7.46. The lowest BCUT2D eigenvalue weighted by atomic mass is 10.1. The van der Waals surface area contributed by atoms with Crippen molar-refractivity contribution in [1.82, 2.24) is 14.8 Å². The lowest BCUT2D eigenvalue weighted by Gasteiger charge is -2.06. The van der Waals surface area contributed by atoms with Gasteiger partial charge in [-0.15, -0.1) is 5.10 Å². The Morgan fingerprint density at radius 2 is 1.76 bits per heavy atom. The van der Waals surface area contributed by atoms with Crippen LogP contribution in [0.15, 0.2) is 64.5 Å². The summed E-state index contributed by atoms with van der Waals surface area (Å²) in [7, 11) is 1.66. The maximum absolute atomic E-state index is 12.0. The van der Waals surface area contributed by atoms with E-state index in [1.165, 1.54) is 11.1 Å². The number of aromatic nitrogens is 3. The molecule has 130 valence electrons. The van der Waals surface area contributed by atoms with E-state index in [9.17, 15) is 4.79 Å². The number of hydrogen-bond donors (Lipinski definition) is 1. The zero-order valence-electron chi connectivity index (χ0n) is 14.1. The van der Waals surface area contributed by atoms with Crippen molar-refractivity contribution >= 4 is 11.8 Å². The molecule has 0 spiro atoms. The largest absolute Gasteiger partial charge is 0.497 e. The van der Waals surface area contributed by atoms with Gasteiger partial charge in [0.25, 0.3) is 0 Å². The number of methoxy groups -OCH3 is 1. The molecule has 0 aliphatic carbocycles. The number of rotatable bonds is 8. The van der Waals surface area contributed by atoms with Crippen LogP contribution in [0, 0.1) is 0 Å². The fraction of sp³-hybridized carbons (Fsp3) is 0.263. The van der Waals surface area contributed by atoms with Crippen molar-refractivity contribution in [1.29, 1.82) is 0 Å². The highest BCUT2D eigenvalue weighted by Gasteiger charge is 2.09. The quantitative estimate of drug-likeness (QED) is 0.631. The molecule has 0 aliphatic heterocycles. The maximum Gasteiger partial charge on any atom is 0.343 e. The SMILES string of the molecule is COc1ccc(CCSc2n[nH]c(=O)n2CCc2ccccc2)cc1. The van der Waals surface area contributed by atoms with Gasteiger partial charge >= 0.3 is 5.69 Å². The van der Waals surface area contributed by atoms with Crippen molar-refractivity contribution in [3.8, 4) is 5.75 Å². The third-order valence-electron chi connectivity index (χ3n) is 3.97. The zero-order chi connectivity index (χ0) is 17.5. The minimum Gasteiger partial charge on any atom is -0.497 e. The summed E-state index contributed by atoms with van der Waals surface area (Å²) in [6, 6.07) is 18.2. The van der Waals surface area contributed by atoms with Crippen LogP contribution in [-0.2, 0) is 19.4 Å². The molecule has 0 atom stereocenters. The Kier molecular flexibility index (Phi) is 5.95. The average molecular weight is 355 g/mol. The molecule has 0 bridgehead atoms. The summed E-state index contributed by atoms with van der Waals surface area (Å²) < 4.78 is 6.88. The number of thioether (sulfide) groups is 1. The second kappa shape index (κ2) is 8.58. The number of hydrogen-bond acceptors (Lipinski definition) is 4. The first kappa shape index (κ1) is 17.4. The molecule has 0 saturated carbocycles. The monoisotopic (exact) mass is 355 g/mol. The molecule has 25 heavy (non-hydrogen) atoms. The minimum absolute atomic E-state index is 0.150. The molecule has 0 fully saturated rings. The van der Waals surface area contributed by atoms with Crippen LogP contribution in [-0.4, -0.2) is 27.6 Å². The van der Waals surface area contributed by atoms with Crippen molar-refractivity contribution in [2.75, 3.05) is 12.9 Å². The molecule has 0 aliphatic rings. The smallest absolute Gasteiger partial charge is 0.343 e. The Morgan fingerprint density at radius 3 is 2.48 bits per heavy atom. The van der Waals surface area contributed by atoms with Gasteiger partial charge in [-0.25, -0.2) is 9.89 Å². The van der Waals surface area contributed by atoms with Crippen LogP contribution < -0.4 is 10.4 Å². The van der Waals surface area contributed by atoms with Gasteiger partial charge in [0.15, 0.2) is 5.16 Å². The van der Waals surface area contributed by atoms with Gasteiger partial charge in [0.1, 0.15) is 5.75 Å². The standard InChI is InChI=1S/C19H21N3O2S/c1-24-17-9-7-16(8-10-17)12-14-25-19-21-20-18(23)22(19)13-11-15-5-3-2-4-6-15/h2-10H,11-14H2,1H3,(H,20,23). The molecule has 1 heterocycles. The van der Waals surface area contributed by atoms with E-state index in [-0.39, 0.29) is 5.69 Å². The number of aromatic amines is 1. The van der Waals surface area contributed by atoms with Crippen LogP contribution >= 0.6 is 11.8 Å². The van der Waals surface area contributed by atoms with Crippen LogP contribution in [0.3, 0.4) is 0 Å². The third kappa shape index (κ3) is 4.76. The van der Waals surface area contributed by atoms with Crippen LogP contribution in [0.2, 0.25) is 0 Å². The van der Waals surface area contributed by atoms with Gasteiger partial charge in [-0.05, 0) is 36.1 Å². The molecular formula is C19H21N3O2S. The summed E-state index contributed by atoms with van der Waals surface area (Å²) in [5.41, 5.74) is 2.30. The van der Waals surface area contributed by atoms with Gasteiger partial charge in [-0.2, -0.15) is 0 Å². The van der Waals surface area contributed by atoms with Gasteiger partial charge in [-0.1, -0.05) is 54.2 Å². The number of aryl methyl sites for hydroxylation is 2. The average Bonchev–Trinajstić information content (AvgIpc) is 3.01. The normalized spacial score (nSPS) is 10.8. The second-order valence-corrected chi connectivity index (χ2v) is 6.71. The number of benzene rings is 2. The fourth-order valence-electron chi connectivity index (χ4n) is 2.55. The van der Waals surface area contributed by atoms with Crippen molar-refractivity contribution < 1.29 is 4.74 Å². The van der Waals surface area contributed by atoms with E-state index < -0.39 is 0 Å². The summed E-state index contributed by atoms with van der Waals surface area (Å²) in [6.07, 6.45) is 1.72. The van der Waals surface area contributed by atoms with Crippen molar-refractivity contribution in [3.63, 3.8) is 0 Å². The predicted octanol–water partition coefficient (Wildman–Crippen LogP) is 3.16. The lowest BCUT2D eigenvalue weighted by Crippen LogP contribution is -2.19. The fourth-order valence-corrected chi connectivity index (χ4v) is 3.51. The maximum atomic E-state index is 12.0. The molecule has 5 nitrogen and oxygen atoms in total. The molecule has 3 aromatic rings. The first-order valence-electron chi connectivity index (χ1n) is 8.21. The van der Waals surface area contributed by atoms with Gasteiger partial charge < -0.3 is 4.74 Å². The predicted molar refractivity (Wildman–Crippen MR) is 100 cm³/mol. The van der Waals surface area contributed by atoms with Crippen molar-refractivity contribution in [3.05, 3.63) is 76.2 Å². The molecule has 1 N–H and O–H groups in total. The van der Waals surface area contributed by atoms with Crippen LogP contribution in [0.4, 0.5) is 0 Å². The molecule has 3 rings (SSSR count). The molecule has 0 unspecified atom stereocenters. The van der Waals surface area contributed by atoms with Gasteiger partial charge in [0.05, 0.1) is 7.11 Å². The Balaban J connectivity index is 1.56. The second-order valence-electron chi connectivity index (χ2n) is 5.65. The Morgan fingerprint density at radius 1 is 1.04 bits per heavy atom. The van der Waals surface area contributed by atoms with E-state index in [2.05, 4.69) is 34.5 Å². The van der Waals surface area contributed by atoms with Crippen molar-refractivity contribution in [2.45, 2.75) is 24.5 Å². The third-order valence-corrected chi connectivity index (χ3v) is 4.95. The lowest BCUT2D eigenvalue weighted by molar-refractivity contribution is 0.414. The van der Waals surface area contributed by atoms with Gasteiger partial charge in [0.2, 0.25) is 0 Å². The number of ether oxygens (including phenoxy) is 1. The summed E-state index contributed by atoms with van der Waals surface area (Å²) in [6.45, 7) is 0.629. The molecule has 2 aromatic carbocycles. The Hall–Kier alpha value is -2.47. The van der Waals surface area contributed by atoms with Crippen LogP contribution in [0.5, 0.6) is 5.75 Å². The Bertz CT molecular complexity index is 841. The molecule has 0 radical (unpaired) electrons. The number of nitrogens with zero attached hydrogens (tertiary/aromatic N) is 2. The molecular weight excluding hydrogens is 334 g/mol. The molecule has 1 aromatic heterocycles.